The molecule has 0 fully saturated rings. The number of para-hydroxylation sites is 1. The molecule has 0 heterocycles. The summed E-state index contributed by atoms with van der Waals surface area (Å²) in [5, 5.41) is 6.11. The van der Waals surface area contributed by atoms with Crippen LogP contribution in [0.25, 0.3) is 0 Å². The fourth-order valence-electron chi connectivity index (χ4n) is 1.84. The minimum absolute atomic E-state index is 0.0204. The van der Waals surface area contributed by atoms with Gasteiger partial charge in [-0.05, 0) is 25.0 Å². The molecule has 1 rings (SSSR count). The molecule has 0 saturated heterocycles. The Morgan fingerprint density at radius 2 is 1.83 bits per heavy atom. The molecule has 0 unspecified atom stereocenters. The van der Waals surface area contributed by atoms with Gasteiger partial charge in [-0.15, -0.1) is 0 Å². The van der Waals surface area contributed by atoms with Gasteiger partial charge in [-0.25, -0.2) is 0 Å². The van der Waals surface area contributed by atoms with E-state index < -0.39 is 0 Å². The first-order chi connectivity index (χ1) is 8.65. The summed E-state index contributed by atoms with van der Waals surface area (Å²) in [7, 11) is 0. The highest BCUT2D eigenvalue weighted by Gasteiger charge is 2.25. The van der Waals surface area contributed by atoms with Gasteiger partial charge < -0.3 is 16.4 Å². The number of hydrogen-bond acceptors (Lipinski definition) is 3. The number of carbonyl (C=O) groups excluding carboxylic acids is 1. The summed E-state index contributed by atoms with van der Waals surface area (Å²) in [4.78, 5) is 11.9. The SMILES string of the molecule is CCC(CC)(CN)NC(=O)CNc1ccccc1. The van der Waals surface area contributed by atoms with Crippen LogP contribution >= 0.6 is 0 Å². The maximum atomic E-state index is 11.9. The Morgan fingerprint density at radius 3 is 2.33 bits per heavy atom. The van der Waals surface area contributed by atoms with Crippen molar-refractivity contribution in [2.24, 2.45) is 5.73 Å². The predicted molar refractivity (Wildman–Crippen MR) is 75.4 cm³/mol. The number of nitrogens with one attached hydrogen (secondary N) is 2. The van der Waals surface area contributed by atoms with E-state index in [4.69, 9.17) is 5.73 Å². The van der Waals surface area contributed by atoms with Crippen LogP contribution in [0.15, 0.2) is 30.3 Å². The highest BCUT2D eigenvalue weighted by atomic mass is 16.2. The topological polar surface area (TPSA) is 67.1 Å². The molecule has 0 saturated carbocycles. The van der Waals surface area contributed by atoms with Crippen LogP contribution in [0.5, 0.6) is 0 Å². The van der Waals surface area contributed by atoms with Crippen LogP contribution in [-0.4, -0.2) is 24.5 Å². The molecule has 0 radical (unpaired) electrons. The van der Waals surface area contributed by atoms with Gasteiger partial charge in [-0.1, -0.05) is 32.0 Å². The fraction of sp³-hybridized carbons (Fsp3) is 0.500. The van der Waals surface area contributed by atoms with E-state index in [0.717, 1.165) is 18.5 Å². The molecule has 0 aliphatic carbocycles. The highest BCUT2D eigenvalue weighted by Crippen LogP contribution is 2.13. The molecule has 1 aromatic rings. The average molecular weight is 249 g/mol. The zero-order chi connectivity index (χ0) is 13.4. The molecule has 1 aromatic carbocycles. The van der Waals surface area contributed by atoms with Gasteiger partial charge in [-0.3, -0.25) is 4.79 Å². The molecule has 4 nitrogen and oxygen atoms in total. The third-order valence-corrected chi connectivity index (χ3v) is 3.38. The number of anilines is 1. The second kappa shape index (κ2) is 7.01. The quantitative estimate of drug-likeness (QED) is 0.689. The van der Waals surface area contributed by atoms with Gasteiger partial charge in [0, 0.05) is 12.2 Å². The Labute approximate surface area is 109 Å². The summed E-state index contributed by atoms with van der Waals surface area (Å²) in [6.07, 6.45) is 1.69. The summed E-state index contributed by atoms with van der Waals surface area (Å²) < 4.78 is 0. The Balaban J connectivity index is 2.46. The lowest BCUT2D eigenvalue weighted by atomic mass is 9.93. The monoisotopic (exact) mass is 249 g/mol. The standard InChI is InChI=1S/C14H23N3O/c1-3-14(4-2,11-15)17-13(18)10-16-12-8-6-5-7-9-12/h5-9,16H,3-4,10-11,15H2,1-2H3,(H,17,18). The third kappa shape index (κ3) is 4.04. The van der Waals surface area contributed by atoms with Crippen LogP contribution in [0.1, 0.15) is 26.7 Å². The van der Waals surface area contributed by atoms with Crippen molar-refractivity contribution in [3.05, 3.63) is 30.3 Å². The summed E-state index contributed by atoms with van der Waals surface area (Å²) >= 11 is 0. The first kappa shape index (κ1) is 14.5. The van der Waals surface area contributed by atoms with Gasteiger partial charge in [0.05, 0.1) is 12.1 Å². The van der Waals surface area contributed by atoms with Crippen LogP contribution < -0.4 is 16.4 Å². The zero-order valence-corrected chi connectivity index (χ0v) is 11.2. The van der Waals surface area contributed by atoms with Crippen molar-refractivity contribution in [2.75, 3.05) is 18.4 Å². The normalized spacial score (nSPS) is 11.1. The van der Waals surface area contributed by atoms with E-state index in [1.807, 2.05) is 44.2 Å². The molecule has 0 aromatic heterocycles. The van der Waals surface area contributed by atoms with Gasteiger partial charge in [0.1, 0.15) is 0 Å². The number of amides is 1. The summed E-state index contributed by atoms with van der Waals surface area (Å²) in [5.74, 6) is -0.0204. The van der Waals surface area contributed by atoms with Crippen LogP contribution in [0.4, 0.5) is 5.69 Å². The lowest BCUT2D eigenvalue weighted by Crippen LogP contribution is -2.54. The Hall–Kier alpha value is -1.55. The fourth-order valence-corrected chi connectivity index (χ4v) is 1.84. The molecule has 0 bridgehead atoms. The molecule has 1 amide bonds. The zero-order valence-electron chi connectivity index (χ0n) is 11.2. The van der Waals surface area contributed by atoms with E-state index >= 15 is 0 Å². The summed E-state index contributed by atoms with van der Waals surface area (Å²) in [6, 6.07) is 9.68. The number of carbonyl (C=O) groups is 1. The number of rotatable bonds is 7. The molecule has 0 aliphatic heterocycles. The summed E-state index contributed by atoms with van der Waals surface area (Å²) in [6.45, 7) is 4.82. The number of benzene rings is 1. The molecule has 18 heavy (non-hydrogen) atoms. The van der Waals surface area contributed by atoms with Crippen molar-refractivity contribution in [2.45, 2.75) is 32.2 Å². The van der Waals surface area contributed by atoms with Crippen molar-refractivity contribution in [1.29, 1.82) is 0 Å². The second-order valence-electron chi connectivity index (χ2n) is 4.46. The minimum Gasteiger partial charge on any atom is -0.376 e. The van der Waals surface area contributed by atoms with Crippen molar-refractivity contribution in [1.82, 2.24) is 5.32 Å². The van der Waals surface area contributed by atoms with Gasteiger partial charge in [0.15, 0.2) is 0 Å². The van der Waals surface area contributed by atoms with E-state index in [2.05, 4.69) is 10.6 Å². The smallest absolute Gasteiger partial charge is 0.239 e. The molecule has 4 heteroatoms. The first-order valence-corrected chi connectivity index (χ1v) is 6.46. The average Bonchev–Trinajstić information content (AvgIpc) is 2.44. The molecular formula is C14H23N3O. The predicted octanol–water partition coefficient (Wildman–Crippen LogP) is 1.73. The first-order valence-electron chi connectivity index (χ1n) is 6.46. The second-order valence-corrected chi connectivity index (χ2v) is 4.46. The Bertz CT molecular complexity index is 352. The van der Waals surface area contributed by atoms with Crippen molar-refractivity contribution >= 4 is 11.6 Å². The largest absolute Gasteiger partial charge is 0.376 e. The third-order valence-electron chi connectivity index (χ3n) is 3.38. The number of nitrogens with two attached hydrogens (primary N) is 1. The maximum Gasteiger partial charge on any atom is 0.239 e. The van der Waals surface area contributed by atoms with E-state index in [1.54, 1.807) is 0 Å². The Kier molecular flexibility index (Phi) is 5.65. The van der Waals surface area contributed by atoms with E-state index in [0.29, 0.717) is 6.54 Å². The highest BCUT2D eigenvalue weighted by molar-refractivity contribution is 5.81. The van der Waals surface area contributed by atoms with E-state index in [1.165, 1.54) is 0 Å². The Morgan fingerprint density at radius 1 is 1.22 bits per heavy atom. The molecular weight excluding hydrogens is 226 g/mol. The van der Waals surface area contributed by atoms with Gasteiger partial charge in [0.2, 0.25) is 5.91 Å². The van der Waals surface area contributed by atoms with E-state index in [9.17, 15) is 4.79 Å². The minimum atomic E-state index is -0.268. The van der Waals surface area contributed by atoms with Crippen LogP contribution in [0, 0.1) is 0 Å². The van der Waals surface area contributed by atoms with Gasteiger partial charge in [-0.2, -0.15) is 0 Å². The molecule has 100 valence electrons. The van der Waals surface area contributed by atoms with Gasteiger partial charge in [0.25, 0.3) is 0 Å². The van der Waals surface area contributed by atoms with Crippen molar-refractivity contribution in [3.63, 3.8) is 0 Å². The van der Waals surface area contributed by atoms with Crippen molar-refractivity contribution < 1.29 is 4.79 Å². The molecule has 0 aliphatic rings. The van der Waals surface area contributed by atoms with Crippen molar-refractivity contribution in [3.8, 4) is 0 Å². The van der Waals surface area contributed by atoms with E-state index in [-0.39, 0.29) is 18.0 Å². The number of hydrogen-bond donors (Lipinski definition) is 3. The molecule has 0 atom stereocenters. The lowest BCUT2D eigenvalue weighted by Gasteiger charge is -2.31. The van der Waals surface area contributed by atoms with Crippen LogP contribution in [-0.2, 0) is 4.79 Å². The maximum absolute atomic E-state index is 11.9. The van der Waals surface area contributed by atoms with Crippen LogP contribution in [0.3, 0.4) is 0 Å². The lowest BCUT2D eigenvalue weighted by molar-refractivity contribution is -0.121. The molecule has 0 spiro atoms. The van der Waals surface area contributed by atoms with Gasteiger partial charge >= 0.3 is 0 Å². The molecule has 4 N–H and O–H groups in total. The van der Waals surface area contributed by atoms with Crippen LogP contribution in [0.2, 0.25) is 0 Å². The summed E-state index contributed by atoms with van der Waals surface area (Å²) in [5.41, 5.74) is 6.42.